The van der Waals surface area contributed by atoms with Crippen molar-refractivity contribution in [2.75, 3.05) is 32.7 Å². The molecule has 0 bridgehead atoms. The smallest absolute Gasteiger partial charge is 0.00477 e. The molecule has 1 saturated heterocycles. The molecule has 1 heterocycles. The molecule has 1 aromatic rings. The summed E-state index contributed by atoms with van der Waals surface area (Å²) in [4.78, 5) is 2.62. The summed E-state index contributed by atoms with van der Waals surface area (Å²) in [6, 6.07) is 10.9. The van der Waals surface area contributed by atoms with Crippen molar-refractivity contribution in [3.8, 4) is 0 Å². The summed E-state index contributed by atoms with van der Waals surface area (Å²) in [6.45, 7) is 10.5. The monoisotopic (exact) mass is 246 g/mol. The van der Waals surface area contributed by atoms with E-state index in [4.69, 9.17) is 0 Å². The molecule has 0 amide bonds. The van der Waals surface area contributed by atoms with E-state index in [0.29, 0.717) is 5.92 Å². The Morgan fingerprint density at radius 2 is 2.11 bits per heavy atom. The topological polar surface area (TPSA) is 15.3 Å². The van der Waals surface area contributed by atoms with Crippen molar-refractivity contribution in [3.63, 3.8) is 0 Å². The molecule has 0 saturated carbocycles. The Hall–Kier alpha value is -0.860. The van der Waals surface area contributed by atoms with E-state index in [0.717, 1.165) is 12.5 Å². The third-order valence-electron chi connectivity index (χ3n) is 3.95. The number of likely N-dealkylation sites (tertiary alicyclic amines) is 1. The van der Waals surface area contributed by atoms with Gasteiger partial charge in [0.05, 0.1) is 0 Å². The third kappa shape index (κ3) is 3.82. The number of nitrogens with zero attached hydrogens (tertiary/aromatic N) is 1. The summed E-state index contributed by atoms with van der Waals surface area (Å²) >= 11 is 0. The molecule has 0 radical (unpaired) electrons. The molecule has 2 unspecified atom stereocenters. The summed E-state index contributed by atoms with van der Waals surface area (Å²) in [5.41, 5.74) is 1.47. The maximum Gasteiger partial charge on any atom is 0.00477 e. The molecule has 1 aliphatic rings. The van der Waals surface area contributed by atoms with Crippen LogP contribution in [0.3, 0.4) is 0 Å². The molecule has 2 atom stereocenters. The average molecular weight is 246 g/mol. The van der Waals surface area contributed by atoms with Crippen molar-refractivity contribution in [3.05, 3.63) is 35.9 Å². The van der Waals surface area contributed by atoms with Gasteiger partial charge in [-0.2, -0.15) is 0 Å². The van der Waals surface area contributed by atoms with Crippen LogP contribution in [0.25, 0.3) is 0 Å². The highest BCUT2D eigenvalue weighted by molar-refractivity contribution is 5.19. The quantitative estimate of drug-likeness (QED) is 0.830. The number of hydrogen-bond donors (Lipinski definition) is 1. The molecule has 1 aromatic carbocycles. The van der Waals surface area contributed by atoms with E-state index in [9.17, 15) is 0 Å². The standard InChI is InChI=1S/C16H26N2/c1-3-17-11-15-9-10-18(13-15)12-14(2)16-7-5-4-6-8-16/h4-8,14-15,17H,3,9-13H2,1-2H3. The van der Waals surface area contributed by atoms with Crippen LogP contribution in [-0.2, 0) is 0 Å². The Bertz CT molecular complexity index is 336. The number of benzene rings is 1. The molecule has 0 aliphatic carbocycles. The summed E-state index contributed by atoms with van der Waals surface area (Å²) in [7, 11) is 0. The molecule has 2 nitrogen and oxygen atoms in total. The molecule has 2 heteroatoms. The largest absolute Gasteiger partial charge is 0.317 e. The number of nitrogens with one attached hydrogen (secondary N) is 1. The Kier molecular flexibility index (Phi) is 5.21. The lowest BCUT2D eigenvalue weighted by atomic mass is 10.0. The fourth-order valence-electron chi connectivity index (χ4n) is 2.87. The third-order valence-corrected chi connectivity index (χ3v) is 3.95. The van der Waals surface area contributed by atoms with E-state index >= 15 is 0 Å². The van der Waals surface area contributed by atoms with Crippen molar-refractivity contribution >= 4 is 0 Å². The highest BCUT2D eigenvalue weighted by atomic mass is 15.1. The first kappa shape index (κ1) is 13.6. The van der Waals surface area contributed by atoms with Crippen LogP contribution in [0.2, 0.25) is 0 Å². The maximum absolute atomic E-state index is 3.47. The van der Waals surface area contributed by atoms with Crippen molar-refractivity contribution in [2.24, 2.45) is 5.92 Å². The van der Waals surface area contributed by atoms with E-state index in [-0.39, 0.29) is 0 Å². The van der Waals surface area contributed by atoms with Crippen molar-refractivity contribution in [1.29, 1.82) is 0 Å². The first-order chi connectivity index (χ1) is 8.79. The van der Waals surface area contributed by atoms with Gasteiger partial charge < -0.3 is 10.2 Å². The second-order valence-electron chi connectivity index (χ2n) is 5.53. The second-order valence-corrected chi connectivity index (χ2v) is 5.53. The summed E-state index contributed by atoms with van der Waals surface area (Å²) in [5, 5.41) is 3.47. The molecule has 2 rings (SSSR count). The van der Waals surface area contributed by atoms with Crippen LogP contribution in [0, 0.1) is 5.92 Å². The highest BCUT2D eigenvalue weighted by Gasteiger charge is 2.23. The molecule has 1 fully saturated rings. The SMILES string of the molecule is CCNCC1CCN(CC(C)c2ccccc2)C1. The normalized spacial score (nSPS) is 22.2. The average Bonchev–Trinajstić information content (AvgIpc) is 2.85. The van der Waals surface area contributed by atoms with Crippen LogP contribution in [0.4, 0.5) is 0 Å². The highest BCUT2D eigenvalue weighted by Crippen LogP contribution is 2.21. The predicted molar refractivity (Wildman–Crippen MR) is 77.9 cm³/mol. The Morgan fingerprint density at radius 3 is 2.83 bits per heavy atom. The van der Waals surface area contributed by atoms with Gasteiger partial charge in [0.1, 0.15) is 0 Å². The summed E-state index contributed by atoms with van der Waals surface area (Å²) in [5.74, 6) is 1.50. The number of hydrogen-bond acceptors (Lipinski definition) is 2. The first-order valence-corrected chi connectivity index (χ1v) is 7.27. The number of rotatable bonds is 6. The van der Waals surface area contributed by atoms with Crippen LogP contribution in [-0.4, -0.2) is 37.6 Å². The molecule has 18 heavy (non-hydrogen) atoms. The summed E-state index contributed by atoms with van der Waals surface area (Å²) < 4.78 is 0. The molecule has 0 aromatic heterocycles. The molecule has 1 aliphatic heterocycles. The van der Waals surface area contributed by atoms with Crippen LogP contribution in [0.5, 0.6) is 0 Å². The van der Waals surface area contributed by atoms with E-state index < -0.39 is 0 Å². The molecular weight excluding hydrogens is 220 g/mol. The van der Waals surface area contributed by atoms with Crippen molar-refractivity contribution < 1.29 is 0 Å². The Labute approximate surface area is 111 Å². The van der Waals surface area contributed by atoms with E-state index in [1.807, 2.05) is 0 Å². The van der Waals surface area contributed by atoms with Gasteiger partial charge in [0, 0.05) is 13.1 Å². The Morgan fingerprint density at radius 1 is 1.33 bits per heavy atom. The van der Waals surface area contributed by atoms with Crippen LogP contribution in [0.1, 0.15) is 31.7 Å². The van der Waals surface area contributed by atoms with Crippen molar-refractivity contribution in [1.82, 2.24) is 10.2 Å². The molecule has 100 valence electrons. The fraction of sp³-hybridized carbons (Fsp3) is 0.625. The molecule has 0 spiro atoms. The zero-order valence-corrected chi connectivity index (χ0v) is 11.7. The van der Waals surface area contributed by atoms with Gasteiger partial charge in [0.15, 0.2) is 0 Å². The van der Waals surface area contributed by atoms with Gasteiger partial charge in [-0.05, 0) is 43.5 Å². The van der Waals surface area contributed by atoms with Crippen molar-refractivity contribution in [2.45, 2.75) is 26.2 Å². The zero-order valence-electron chi connectivity index (χ0n) is 11.7. The van der Waals surface area contributed by atoms with Gasteiger partial charge in [-0.15, -0.1) is 0 Å². The fourth-order valence-corrected chi connectivity index (χ4v) is 2.87. The summed E-state index contributed by atoms with van der Waals surface area (Å²) in [6.07, 6.45) is 1.36. The van der Waals surface area contributed by atoms with Gasteiger partial charge in [0.25, 0.3) is 0 Å². The lowest BCUT2D eigenvalue weighted by Crippen LogP contribution is -2.28. The lowest BCUT2D eigenvalue weighted by molar-refractivity contribution is 0.306. The van der Waals surface area contributed by atoms with Crippen LogP contribution in [0.15, 0.2) is 30.3 Å². The molecular formula is C16H26N2. The van der Waals surface area contributed by atoms with Gasteiger partial charge in [-0.25, -0.2) is 0 Å². The molecule has 1 N–H and O–H groups in total. The Balaban J connectivity index is 1.77. The minimum Gasteiger partial charge on any atom is -0.317 e. The minimum absolute atomic E-state index is 0.643. The predicted octanol–water partition coefficient (Wildman–Crippen LogP) is 2.72. The van der Waals surface area contributed by atoms with Crippen LogP contribution < -0.4 is 5.32 Å². The van der Waals surface area contributed by atoms with Gasteiger partial charge in [-0.1, -0.05) is 44.2 Å². The van der Waals surface area contributed by atoms with Gasteiger partial charge >= 0.3 is 0 Å². The van der Waals surface area contributed by atoms with Crippen LogP contribution >= 0.6 is 0 Å². The first-order valence-electron chi connectivity index (χ1n) is 7.27. The van der Waals surface area contributed by atoms with Gasteiger partial charge in [0.2, 0.25) is 0 Å². The zero-order chi connectivity index (χ0) is 12.8. The van der Waals surface area contributed by atoms with E-state index in [1.54, 1.807) is 0 Å². The van der Waals surface area contributed by atoms with E-state index in [2.05, 4.69) is 54.4 Å². The van der Waals surface area contributed by atoms with E-state index in [1.165, 1.54) is 38.2 Å². The van der Waals surface area contributed by atoms with Gasteiger partial charge in [-0.3, -0.25) is 0 Å². The maximum atomic E-state index is 3.47. The second kappa shape index (κ2) is 6.91. The lowest BCUT2D eigenvalue weighted by Gasteiger charge is -2.21. The minimum atomic E-state index is 0.643.